The fourth-order valence-electron chi connectivity index (χ4n) is 1.77. The minimum atomic E-state index is 0.605. The van der Waals surface area contributed by atoms with Crippen molar-refractivity contribution in [3.8, 4) is 5.75 Å². The van der Waals surface area contributed by atoms with Crippen molar-refractivity contribution in [2.75, 3.05) is 6.61 Å². The lowest BCUT2D eigenvalue weighted by Gasteiger charge is -2.07. The van der Waals surface area contributed by atoms with Gasteiger partial charge in [-0.25, -0.2) is 0 Å². The molecule has 0 amide bonds. The number of H-pyrrole nitrogens is 1. The van der Waals surface area contributed by atoms with Crippen molar-refractivity contribution in [3.63, 3.8) is 0 Å². The standard InChI is InChI=1S/C13H17N3OS/c1-2-9-16-12(14-15-13(16)18)8-10-17-11-6-4-3-5-7-11/h3-7H,2,8-10H2,1H3,(H,15,18). The summed E-state index contributed by atoms with van der Waals surface area (Å²) in [4.78, 5) is 0. The van der Waals surface area contributed by atoms with Gasteiger partial charge in [0.1, 0.15) is 11.6 Å². The van der Waals surface area contributed by atoms with Gasteiger partial charge in [0.25, 0.3) is 0 Å². The molecule has 0 radical (unpaired) electrons. The van der Waals surface area contributed by atoms with Crippen LogP contribution >= 0.6 is 12.2 Å². The third kappa shape index (κ3) is 3.20. The predicted molar refractivity (Wildman–Crippen MR) is 73.3 cm³/mol. The zero-order valence-corrected chi connectivity index (χ0v) is 11.2. The summed E-state index contributed by atoms with van der Waals surface area (Å²) in [5.74, 6) is 1.84. The van der Waals surface area contributed by atoms with Crippen LogP contribution in [0.1, 0.15) is 19.2 Å². The summed E-state index contributed by atoms with van der Waals surface area (Å²) < 4.78 is 8.37. The number of ether oxygens (including phenoxy) is 1. The largest absolute Gasteiger partial charge is 0.493 e. The monoisotopic (exact) mass is 263 g/mol. The molecular formula is C13H17N3OS. The van der Waals surface area contributed by atoms with Crippen molar-refractivity contribution in [1.82, 2.24) is 14.8 Å². The highest BCUT2D eigenvalue weighted by molar-refractivity contribution is 7.71. The number of hydrogen-bond donors (Lipinski definition) is 1. The van der Waals surface area contributed by atoms with Crippen molar-refractivity contribution in [1.29, 1.82) is 0 Å². The number of nitrogens with one attached hydrogen (secondary N) is 1. The van der Waals surface area contributed by atoms with Gasteiger partial charge in [-0.05, 0) is 30.8 Å². The molecule has 0 aliphatic heterocycles. The molecule has 2 aromatic rings. The van der Waals surface area contributed by atoms with E-state index in [2.05, 4.69) is 17.1 Å². The van der Waals surface area contributed by atoms with Crippen molar-refractivity contribution >= 4 is 12.2 Å². The maximum absolute atomic E-state index is 5.65. The first-order valence-corrected chi connectivity index (χ1v) is 6.54. The van der Waals surface area contributed by atoms with E-state index in [1.807, 2.05) is 34.9 Å². The third-order valence-electron chi connectivity index (χ3n) is 2.62. The molecule has 0 spiro atoms. The maximum atomic E-state index is 5.65. The van der Waals surface area contributed by atoms with Crippen LogP contribution in [-0.4, -0.2) is 21.4 Å². The molecule has 18 heavy (non-hydrogen) atoms. The van der Waals surface area contributed by atoms with Crippen LogP contribution in [0.4, 0.5) is 0 Å². The molecule has 0 saturated heterocycles. The SMILES string of the molecule is CCCn1c(CCOc2ccccc2)n[nH]c1=S. The minimum Gasteiger partial charge on any atom is -0.493 e. The first-order valence-electron chi connectivity index (χ1n) is 6.13. The molecule has 1 heterocycles. The van der Waals surface area contributed by atoms with Crippen LogP contribution in [-0.2, 0) is 13.0 Å². The summed E-state index contributed by atoms with van der Waals surface area (Å²) in [6.45, 7) is 3.63. The summed E-state index contributed by atoms with van der Waals surface area (Å²) >= 11 is 5.19. The van der Waals surface area contributed by atoms with Gasteiger partial charge < -0.3 is 9.30 Å². The van der Waals surface area contributed by atoms with Gasteiger partial charge in [-0.1, -0.05) is 25.1 Å². The van der Waals surface area contributed by atoms with Crippen molar-refractivity contribution in [2.45, 2.75) is 26.3 Å². The second-order valence-corrected chi connectivity index (χ2v) is 4.39. The fourth-order valence-corrected chi connectivity index (χ4v) is 2.01. The van der Waals surface area contributed by atoms with Crippen LogP contribution < -0.4 is 4.74 Å². The quantitative estimate of drug-likeness (QED) is 0.815. The number of aromatic amines is 1. The van der Waals surface area contributed by atoms with Crippen molar-refractivity contribution in [2.24, 2.45) is 0 Å². The Morgan fingerprint density at radius 1 is 1.33 bits per heavy atom. The van der Waals surface area contributed by atoms with E-state index in [1.165, 1.54) is 0 Å². The average molecular weight is 263 g/mol. The molecule has 2 rings (SSSR count). The van der Waals surface area contributed by atoms with Crippen LogP contribution in [0, 0.1) is 4.77 Å². The number of hydrogen-bond acceptors (Lipinski definition) is 3. The lowest BCUT2D eigenvalue weighted by atomic mass is 10.3. The van der Waals surface area contributed by atoms with Crippen molar-refractivity contribution < 1.29 is 4.74 Å². The summed E-state index contributed by atoms with van der Waals surface area (Å²) in [5, 5.41) is 7.06. The summed E-state index contributed by atoms with van der Waals surface area (Å²) in [6.07, 6.45) is 1.79. The molecule has 0 unspecified atom stereocenters. The second kappa shape index (κ2) is 6.35. The zero-order valence-electron chi connectivity index (χ0n) is 10.4. The lowest BCUT2D eigenvalue weighted by Crippen LogP contribution is -2.09. The normalized spacial score (nSPS) is 10.5. The number of para-hydroxylation sites is 1. The van der Waals surface area contributed by atoms with Gasteiger partial charge in [-0.2, -0.15) is 5.10 Å². The Hall–Kier alpha value is -1.62. The molecule has 1 aromatic carbocycles. The van der Waals surface area contributed by atoms with Gasteiger partial charge >= 0.3 is 0 Å². The second-order valence-electron chi connectivity index (χ2n) is 4.01. The van der Waals surface area contributed by atoms with Gasteiger partial charge in [0, 0.05) is 13.0 Å². The molecule has 4 nitrogen and oxygen atoms in total. The molecule has 0 atom stereocenters. The zero-order chi connectivity index (χ0) is 12.8. The van der Waals surface area contributed by atoms with Crippen LogP contribution in [0.15, 0.2) is 30.3 Å². The van der Waals surface area contributed by atoms with E-state index in [9.17, 15) is 0 Å². The average Bonchev–Trinajstić information content (AvgIpc) is 2.73. The molecule has 0 saturated carbocycles. The van der Waals surface area contributed by atoms with Crippen LogP contribution in [0.25, 0.3) is 0 Å². The van der Waals surface area contributed by atoms with Crippen LogP contribution in [0.5, 0.6) is 5.75 Å². The summed E-state index contributed by atoms with van der Waals surface area (Å²) in [7, 11) is 0. The predicted octanol–water partition coefficient (Wildman–Crippen LogP) is 2.97. The topological polar surface area (TPSA) is 42.8 Å². The van der Waals surface area contributed by atoms with E-state index in [0.717, 1.165) is 31.0 Å². The van der Waals surface area contributed by atoms with Crippen LogP contribution in [0.3, 0.4) is 0 Å². The van der Waals surface area contributed by atoms with E-state index >= 15 is 0 Å². The van der Waals surface area contributed by atoms with Gasteiger partial charge in [0.15, 0.2) is 4.77 Å². The number of rotatable bonds is 6. The Morgan fingerprint density at radius 3 is 2.83 bits per heavy atom. The van der Waals surface area contributed by atoms with E-state index in [0.29, 0.717) is 11.4 Å². The molecule has 0 bridgehead atoms. The van der Waals surface area contributed by atoms with Crippen molar-refractivity contribution in [3.05, 3.63) is 40.9 Å². The Labute approximate surface area is 112 Å². The maximum Gasteiger partial charge on any atom is 0.195 e. The molecule has 1 N–H and O–H groups in total. The van der Waals surface area contributed by atoms with E-state index < -0.39 is 0 Å². The van der Waals surface area contributed by atoms with Crippen LogP contribution in [0.2, 0.25) is 0 Å². The van der Waals surface area contributed by atoms with E-state index in [4.69, 9.17) is 17.0 Å². The smallest absolute Gasteiger partial charge is 0.195 e. The Balaban J connectivity index is 1.92. The highest BCUT2D eigenvalue weighted by Gasteiger charge is 2.05. The molecule has 5 heteroatoms. The summed E-state index contributed by atoms with van der Waals surface area (Å²) in [6, 6.07) is 9.79. The van der Waals surface area contributed by atoms with E-state index in [1.54, 1.807) is 0 Å². The molecule has 0 aliphatic carbocycles. The molecular weight excluding hydrogens is 246 g/mol. The fraction of sp³-hybridized carbons (Fsp3) is 0.385. The Kier molecular flexibility index (Phi) is 4.52. The lowest BCUT2D eigenvalue weighted by molar-refractivity contribution is 0.316. The van der Waals surface area contributed by atoms with E-state index in [-0.39, 0.29) is 0 Å². The van der Waals surface area contributed by atoms with Gasteiger partial charge in [-0.15, -0.1) is 0 Å². The van der Waals surface area contributed by atoms with Gasteiger partial charge in [-0.3, -0.25) is 5.10 Å². The van der Waals surface area contributed by atoms with Gasteiger partial charge in [0.05, 0.1) is 6.61 Å². The highest BCUT2D eigenvalue weighted by atomic mass is 32.1. The Bertz CT molecular complexity index is 533. The molecule has 0 aliphatic rings. The number of benzene rings is 1. The first kappa shape index (κ1) is 12.8. The first-order chi connectivity index (χ1) is 8.81. The number of nitrogens with zero attached hydrogens (tertiary/aromatic N) is 2. The highest BCUT2D eigenvalue weighted by Crippen LogP contribution is 2.09. The Morgan fingerprint density at radius 2 is 2.11 bits per heavy atom. The molecule has 1 aromatic heterocycles. The number of aromatic nitrogens is 3. The summed E-state index contributed by atoms with van der Waals surface area (Å²) in [5.41, 5.74) is 0. The minimum absolute atomic E-state index is 0.605. The third-order valence-corrected chi connectivity index (χ3v) is 2.93. The van der Waals surface area contributed by atoms with Gasteiger partial charge in [0.2, 0.25) is 0 Å². The molecule has 0 fully saturated rings. The molecule has 96 valence electrons.